The van der Waals surface area contributed by atoms with Crippen molar-refractivity contribution in [1.29, 1.82) is 0 Å². The highest BCUT2D eigenvalue weighted by molar-refractivity contribution is 7.13. The number of benzene rings is 1. The van der Waals surface area contributed by atoms with Crippen LogP contribution in [0.15, 0.2) is 29.6 Å². The fourth-order valence-electron chi connectivity index (χ4n) is 1.47. The molecule has 0 radical (unpaired) electrons. The van der Waals surface area contributed by atoms with E-state index >= 15 is 0 Å². The Morgan fingerprint density at radius 2 is 2.11 bits per heavy atom. The molecule has 0 fully saturated rings. The summed E-state index contributed by atoms with van der Waals surface area (Å²) in [4.78, 5) is 16.5. The topological polar surface area (TPSA) is 53.4 Å². The van der Waals surface area contributed by atoms with E-state index < -0.39 is 5.97 Å². The number of thiazole rings is 1. The molecule has 0 unspecified atom stereocenters. The molecule has 4 nitrogen and oxygen atoms in total. The molecule has 0 saturated heterocycles. The molecule has 0 atom stereocenters. The van der Waals surface area contributed by atoms with E-state index in [1.165, 1.54) is 28.8 Å². The van der Waals surface area contributed by atoms with Crippen molar-refractivity contribution in [2.24, 2.45) is 0 Å². The zero-order valence-electron chi connectivity index (χ0n) is 9.63. The smallest absolute Gasteiger partial charge is 0.355 e. The number of rotatable bonds is 4. The van der Waals surface area contributed by atoms with Gasteiger partial charge in [0.15, 0.2) is 10.8 Å². The molecule has 2 aromatic rings. The molecule has 0 saturated carbocycles. The molecule has 1 aromatic heterocycles. The molecule has 0 spiro atoms. The van der Waals surface area contributed by atoms with Crippen LogP contribution in [0.5, 0.6) is 0 Å². The fourth-order valence-corrected chi connectivity index (χ4v) is 2.24. The van der Waals surface area contributed by atoms with Crippen molar-refractivity contribution in [2.45, 2.75) is 6.54 Å². The quantitative estimate of drug-likeness (QED) is 0.924. The van der Waals surface area contributed by atoms with Gasteiger partial charge in [-0.05, 0) is 17.7 Å². The minimum absolute atomic E-state index is 0.0426. The molecule has 1 heterocycles. The Hall–Kier alpha value is -1.95. The average molecular weight is 266 g/mol. The highest BCUT2D eigenvalue weighted by Crippen LogP contribution is 2.21. The lowest BCUT2D eigenvalue weighted by Crippen LogP contribution is -2.16. The summed E-state index contributed by atoms with van der Waals surface area (Å²) in [5.74, 6) is -1.31. The number of carboxylic acids is 1. The van der Waals surface area contributed by atoms with Crippen LogP contribution in [-0.4, -0.2) is 23.1 Å². The van der Waals surface area contributed by atoms with Gasteiger partial charge in [0.05, 0.1) is 0 Å². The van der Waals surface area contributed by atoms with Crippen LogP contribution in [0.25, 0.3) is 0 Å². The van der Waals surface area contributed by atoms with Gasteiger partial charge < -0.3 is 10.0 Å². The van der Waals surface area contributed by atoms with E-state index in [1.807, 2.05) is 11.9 Å². The van der Waals surface area contributed by atoms with Gasteiger partial charge in [-0.15, -0.1) is 11.3 Å². The predicted octanol–water partition coefficient (Wildman–Crippen LogP) is 2.62. The number of halogens is 1. The van der Waals surface area contributed by atoms with Crippen molar-refractivity contribution in [3.8, 4) is 0 Å². The number of nitrogens with zero attached hydrogens (tertiary/aromatic N) is 2. The standard InChI is InChI=1S/C12H11FN2O2S/c1-15(6-8-2-4-9(13)5-3-8)12-14-10(7-18-12)11(16)17/h2-5,7H,6H2,1H3,(H,16,17). The lowest BCUT2D eigenvalue weighted by molar-refractivity contribution is 0.0691. The Bertz CT molecular complexity index is 553. The van der Waals surface area contributed by atoms with E-state index in [2.05, 4.69) is 4.98 Å². The number of hydrogen-bond donors (Lipinski definition) is 1. The van der Waals surface area contributed by atoms with Crippen molar-refractivity contribution >= 4 is 22.4 Å². The molecule has 0 aliphatic rings. The predicted molar refractivity (Wildman–Crippen MR) is 67.6 cm³/mol. The van der Waals surface area contributed by atoms with Crippen LogP contribution in [0.4, 0.5) is 9.52 Å². The molecule has 1 aromatic carbocycles. The van der Waals surface area contributed by atoms with Crippen molar-refractivity contribution in [3.05, 3.63) is 46.7 Å². The average Bonchev–Trinajstić information content (AvgIpc) is 2.81. The van der Waals surface area contributed by atoms with Crippen LogP contribution in [0.1, 0.15) is 16.1 Å². The summed E-state index contributed by atoms with van der Waals surface area (Å²) in [5, 5.41) is 10.9. The molecular formula is C12H11FN2O2S. The van der Waals surface area contributed by atoms with Gasteiger partial charge in [0.1, 0.15) is 5.82 Å². The summed E-state index contributed by atoms with van der Waals surface area (Å²) in [7, 11) is 1.81. The van der Waals surface area contributed by atoms with Gasteiger partial charge in [-0.2, -0.15) is 0 Å². The van der Waals surface area contributed by atoms with Crippen LogP contribution < -0.4 is 4.90 Å². The summed E-state index contributed by atoms with van der Waals surface area (Å²) < 4.78 is 12.8. The first-order valence-corrected chi connectivity index (χ1v) is 6.08. The van der Waals surface area contributed by atoms with E-state index in [1.54, 1.807) is 12.1 Å². The van der Waals surface area contributed by atoms with Crippen LogP contribution in [0, 0.1) is 5.82 Å². The van der Waals surface area contributed by atoms with Gasteiger partial charge in [-0.1, -0.05) is 12.1 Å². The minimum atomic E-state index is -1.03. The first kappa shape index (κ1) is 12.5. The maximum Gasteiger partial charge on any atom is 0.355 e. The Morgan fingerprint density at radius 1 is 1.44 bits per heavy atom. The van der Waals surface area contributed by atoms with E-state index in [9.17, 15) is 9.18 Å². The molecule has 0 bridgehead atoms. The van der Waals surface area contributed by atoms with E-state index in [0.717, 1.165) is 5.56 Å². The number of anilines is 1. The highest BCUT2D eigenvalue weighted by atomic mass is 32.1. The van der Waals surface area contributed by atoms with Gasteiger partial charge in [0.2, 0.25) is 0 Å². The van der Waals surface area contributed by atoms with E-state index in [-0.39, 0.29) is 11.5 Å². The zero-order chi connectivity index (χ0) is 13.1. The van der Waals surface area contributed by atoms with Gasteiger partial charge >= 0.3 is 5.97 Å². The second kappa shape index (κ2) is 5.14. The second-order valence-electron chi connectivity index (χ2n) is 3.80. The van der Waals surface area contributed by atoms with Crippen molar-refractivity contribution in [2.75, 3.05) is 11.9 Å². The van der Waals surface area contributed by atoms with Crippen LogP contribution in [0.2, 0.25) is 0 Å². The molecule has 94 valence electrons. The summed E-state index contributed by atoms with van der Waals surface area (Å²) in [6.45, 7) is 0.548. The molecule has 6 heteroatoms. The Morgan fingerprint density at radius 3 is 2.67 bits per heavy atom. The van der Waals surface area contributed by atoms with Gasteiger partial charge in [-0.25, -0.2) is 14.2 Å². The maximum atomic E-state index is 12.8. The van der Waals surface area contributed by atoms with Crippen molar-refractivity contribution in [3.63, 3.8) is 0 Å². The maximum absolute atomic E-state index is 12.8. The third-order valence-corrected chi connectivity index (χ3v) is 3.33. The molecule has 0 aliphatic carbocycles. The number of aromatic carboxylic acids is 1. The van der Waals surface area contributed by atoms with Crippen molar-refractivity contribution in [1.82, 2.24) is 4.98 Å². The summed E-state index contributed by atoms with van der Waals surface area (Å²) in [6, 6.07) is 6.18. The monoisotopic (exact) mass is 266 g/mol. The largest absolute Gasteiger partial charge is 0.476 e. The number of carbonyl (C=O) groups is 1. The third kappa shape index (κ3) is 2.84. The zero-order valence-corrected chi connectivity index (χ0v) is 10.4. The van der Waals surface area contributed by atoms with Gasteiger partial charge in [0, 0.05) is 19.0 Å². The molecule has 0 amide bonds. The first-order valence-electron chi connectivity index (χ1n) is 5.20. The lowest BCUT2D eigenvalue weighted by atomic mass is 10.2. The number of carboxylic acid groups (broad SMARTS) is 1. The normalized spacial score (nSPS) is 10.3. The summed E-state index contributed by atoms with van der Waals surface area (Å²) >= 11 is 1.27. The number of hydrogen-bond acceptors (Lipinski definition) is 4. The lowest BCUT2D eigenvalue weighted by Gasteiger charge is -2.15. The molecular weight excluding hydrogens is 255 g/mol. The summed E-state index contributed by atoms with van der Waals surface area (Å²) in [6.07, 6.45) is 0. The van der Waals surface area contributed by atoms with E-state index in [4.69, 9.17) is 5.11 Å². The number of aromatic nitrogens is 1. The second-order valence-corrected chi connectivity index (χ2v) is 4.64. The highest BCUT2D eigenvalue weighted by Gasteiger charge is 2.11. The Kier molecular flexibility index (Phi) is 3.57. The minimum Gasteiger partial charge on any atom is -0.476 e. The van der Waals surface area contributed by atoms with Gasteiger partial charge in [0.25, 0.3) is 0 Å². The van der Waals surface area contributed by atoms with Crippen molar-refractivity contribution < 1.29 is 14.3 Å². The third-order valence-electron chi connectivity index (χ3n) is 2.37. The SMILES string of the molecule is CN(Cc1ccc(F)cc1)c1nc(C(=O)O)cs1. The van der Waals surface area contributed by atoms with Crippen LogP contribution in [-0.2, 0) is 6.54 Å². The molecule has 18 heavy (non-hydrogen) atoms. The molecule has 1 N–H and O–H groups in total. The van der Waals surface area contributed by atoms with Crippen LogP contribution in [0.3, 0.4) is 0 Å². The summed E-state index contributed by atoms with van der Waals surface area (Å²) in [5.41, 5.74) is 0.979. The first-order chi connectivity index (χ1) is 8.56. The molecule has 2 rings (SSSR count). The van der Waals surface area contributed by atoms with Crippen LogP contribution >= 0.6 is 11.3 Å². The van der Waals surface area contributed by atoms with E-state index in [0.29, 0.717) is 11.7 Å². The fraction of sp³-hybridized carbons (Fsp3) is 0.167. The molecule has 0 aliphatic heterocycles. The van der Waals surface area contributed by atoms with Gasteiger partial charge in [-0.3, -0.25) is 0 Å². The Balaban J connectivity index is 2.09. The Labute approximate surface area is 107 Å².